The molecule has 1 aromatic heterocycles. The van der Waals surface area contributed by atoms with Crippen LogP contribution in [0.4, 0.5) is 11.5 Å². The molecule has 1 aromatic carbocycles. The highest BCUT2D eigenvalue weighted by Gasteiger charge is 2.30. The predicted molar refractivity (Wildman–Crippen MR) is 108 cm³/mol. The molecular formula is C19H23ClN4O3S. The van der Waals surface area contributed by atoms with Crippen LogP contribution < -0.4 is 10.1 Å². The molecule has 0 spiro atoms. The van der Waals surface area contributed by atoms with Crippen molar-refractivity contribution in [3.8, 4) is 5.75 Å². The zero-order valence-electron chi connectivity index (χ0n) is 15.7. The van der Waals surface area contributed by atoms with Crippen molar-refractivity contribution in [2.45, 2.75) is 42.9 Å². The fraction of sp³-hybridized carbons (Fsp3) is 0.474. The molecule has 4 rings (SSSR count). The summed E-state index contributed by atoms with van der Waals surface area (Å²) in [6.45, 7) is 1.07. The first-order valence-corrected chi connectivity index (χ1v) is 11.3. The maximum absolute atomic E-state index is 13.1. The first-order chi connectivity index (χ1) is 13.5. The van der Waals surface area contributed by atoms with Crippen LogP contribution in [0.5, 0.6) is 5.75 Å². The van der Waals surface area contributed by atoms with E-state index < -0.39 is 10.0 Å². The molecule has 0 unspecified atom stereocenters. The van der Waals surface area contributed by atoms with Gasteiger partial charge in [-0.1, -0.05) is 18.0 Å². The average Bonchev–Trinajstić information content (AvgIpc) is 3.53. The fourth-order valence-electron chi connectivity index (χ4n) is 3.37. The molecule has 2 aliphatic rings. The van der Waals surface area contributed by atoms with E-state index in [1.807, 2.05) is 0 Å². The number of hydrogen-bond donors (Lipinski definition) is 1. The van der Waals surface area contributed by atoms with Gasteiger partial charge in [0.05, 0.1) is 7.11 Å². The lowest BCUT2D eigenvalue weighted by atomic mass is 10.2. The molecule has 28 heavy (non-hydrogen) atoms. The van der Waals surface area contributed by atoms with Crippen LogP contribution in [0.1, 0.15) is 43.8 Å². The molecule has 0 amide bonds. The molecule has 150 valence electrons. The maximum atomic E-state index is 13.1. The maximum Gasteiger partial charge on any atom is 0.246 e. The Balaban J connectivity index is 1.65. The van der Waals surface area contributed by atoms with Crippen molar-refractivity contribution in [1.29, 1.82) is 0 Å². The van der Waals surface area contributed by atoms with E-state index in [0.717, 1.165) is 37.9 Å². The van der Waals surface area contributed by atoms with Crippen molar-refractivity contribution in [2.24, 2.45) is 0 Å². The number of piperidine rings is 1. The van der Waals surface area contributed by atoms with Gasteiger partial charge in [0.1, 0.15) is 27.4 Å². The van der Waals surface area contributed by atoms with E-state index in [1.54, 1.807) is 24.3 Å². The van der Waals surface area contributed by atoms with Gasteiger partial charge in [-0.2, -0.15) is 4.31 Å². The predicted octanol–water partition coefficient (Wildman–Crippen LogP) is 3.93. The van der Waals surface area contributed by atoms with Crippen LogP contribution in [0.25, 0.3) is 0 Å². The zero-order chi connectivity index (χ0) is 19.7. The number of benzene rings is 1. The Morgan fingerprint density at radius 2 is 1.89 bits per heavy atom. The van der Waals surface area contributed by atoms with Crippen molar-refractivity contribution in [2.75, 3.05) is 25.5 Å². The Morgan fingerprint density at radius 1 is 1.14 bits per heavy atom. The third-order valence-corrected chi connectivity index (χ3v) is 7.14. The third-order valence-electron chi connectivity index (χ3n) is 5.02. The van der Waals surface area contributed by atoms with Crippen LogP contribution in [-0.4, -0.2) is 42.9 Å². The van der Waals surface area contributed by atoms with Gasteiger partial charge in [0.25, 0.3) is 0 Å². The zero-order valence-corrected chi connectivity index (χ0v) is 17.3. The average molecular weight is 423 g/mol. The Bertz CT molecular complexity index is 973. The molecule has 7 nitrogen and oxygen atoms in total. The highest BCUT2D eigenvalue weighted by molar-refractivity contribution is 7.89. The molecule has 9 heteroatoms. The molecule has 2 aromatic rings. The second kappa shape index (κ2) is 7.85. The van der Waals surface area contributed by atoms with Gasteiger partial charge in [-0.25, -0.2) is 18.4 Å². The van der Waals surface area contributed by atoms with E-state index in [4.69, 9.17) is 16.3 Å². The summed E-state index contributed by atoms with van der Waals surface area (Å²) in [6, 6.07) is 6.65. The van der Waals surface area contributed by atoms with Crippen LogP contribution in [-0.2, 0) is 10.0 Å². The molecule has 2 fully saturated rings. The van der Waals surface area contributed by atoms with Gasteiger partial charge in [0.15, 0.2) is 0 Å². The lowest BCUT2D eigenvalue weighted by Gasteiger charge is -2.26. The Morgan fingerprint density at radius 3 is 2.57 bits per heavy atom. The van der Waals surface area contributed by atoms with Gasteiger partial charge in [-0.3, -0.25) is 0 Å². The minimum atomic E-state index is -3.63. The minimum Gasteiger partial charge on any atom is -0.495 e. The molecule has 0 bridgehead atoms. The fourth-order valence-corrected chi connectivity index (χ4v) is 5.26. The number of aromatic nitrogens is 2. The Kier molecular flexibility index (Phi) is 5.44. The van der Waals surface area contributed by atoms with Crippen LogP contribution in [0.2, 0.25) is 5.15 Å². The van der Waals surface area contributed by atoms with Gasteiger partial charge in [-0.15, -0.1) is 0 Å². The number of anilines is 2. The number of ether oxygens (including phenoxy) is 1. The standard InChI is InChI=1S/C19H23ClN4O3S/c1-27-15-8-7-14(11-16(15)28(25,26)24-9-3-2-4-10-24)21-18-12-17(20)22-19(23-18)13-5-6-13/h7-8,11-13H,2-6,9-10H2,1H3,(H,21,22,23). The van der Waals surface area contributed by atoms with Crippen molar-refractivity contribution < 1.29 is 13.2 Å². The second-order valence-corrected chi connectivity index (χ2v) is 9.46. The molecule has 0 atom stereocenters. The molecule has 1 saturated carbocycles. The van der Waals surface area contributed by atoms with E-state index in [-0.39, 0.29) is 4.90 Å². The van der Waals surface area contributed by atoms with Crippen molar-refractivity contribution >= 4 is 33.1 Å². The van der Waals surface area contributed by atoms with Crippen molar-refractivity contribution in [1.82, 2.24) is 14.3 Å². The van der Waals surface area contributed by atoms with Crippen molar-refractivity contribution in [3.63, 3.8) is 0 Å². The molecule has 1 aliphatic carbocycles. The van der Waals surface area contributed by atoms with Crippen LogP contribution in [0.15, 0.2) is 29.2 Å². The number of halogens is 1. The molecule has 0 radical (unpaired) electrons. The lowest BCUT2D eigenvalue weighted by Crippen LogP contribution is -2.35. The molecule has 1 N–H and O–H groups in total. The molecular weight excluding hydrogens is 400 g/mol. The van der Waals surface area contributed by atoms with E-state index in [1.165, 1.54) is 11.4 Å². The van der Waals surface area contributed by atoms with Gasteiger partial charge in [0.2, 0.25) is 10.0 Å². The normalized spacial score (nSPS) is 18.1. The summed E-state index contributed by atoms with van der Waals surface area (Å²) in [5, 5.41) is 3.53. The number of nitrogens with one attached hydrogen (secondary N) is 1. The summed E-state index contributed by atoms with van der Waals surface area (Å²) in [6.07, 6.45) is 4.95. The minimum absolute atomic E-state index is 0.157. The number of methoxy groups -OCH3 is 1. The summed E-state index contributed by atoms with van der Waals surface area (Å²) in [7, 11) is -2.15. The third kappa shape index (κ3) is 4.09. The summed E-state index contributed by atoms with van der Waals surface area (Å²) < 4.78 is 33.2. The van der Waals surface area contributed by atoms with Crippen LogP contribution >= 0.6 is 11.6 Å². The second-order valence-electron chi connectivity index (χ2n) is 7.16. The first kappa shape index (κ1) is 19.4. The largest absolute Gasteiger partial charge is 0.495 e. The van der Waals surface area contributed by atoms with Gasteiger partial charge >= 0.3 is 0 Å². The SMILES string of the molecule is COc1ccc(Nc2cc(Cl)nc(C3CC3)n2)cc1S(=O)(=O)N1CCCCC1. The molecule has 1 saturated heterocycles. The summed E-state index contributed by atoms with van der Waals surface area (Å²) in [5.74, 6) is 1.97. The first-order valence-electron chi connectivity index (χ1n) is 9.47. The Hall–Kier alpha value is -1.90. The van der Waals surface area contributed by atoms with E-state index in [2.05, 4.69) is 15.3 Å². The monoisotopic (exact) mass is 422 g/mol. The van der Waals surface area contributed by atoms with E-state index in [0.29, 0.717) is 41.4 Å². The quantitative estimate of drug-likeness (QED) is 0.710. The van der Waals surface area contributed by atoms with E-state index in [9.17, 15) is 8.42 Å². The Labute approximate surface area is 170 Å². The van der Waals surface area contributed by atoms with Crippen molar-refractivity contribution in [3.05, 3.63) is 35.2 Å². The summed E-state index contributed by atoms with van der Waals surface area (Å²) >= 11 is 6.13. The molecule has 2 heterocycles. The van der Waals surface area contributed by atoms with Gasteiger partial charge in [0, 0.05) is 30.8 Å². The number of rotatable bonds is 6. The highest BCUT2D eigenvalue weighted by Crippen LogP contribution is 2.39. The number of hydrogen-bond acceptors (Lipinski definition) is 6. The van der Waals surface area contributed by atoms with Gasteiger partial charge < -0.3 is 10.1 Å². The summed E-state index contributed by atoms with van der Waals surface area (Å²) in [5.41, 5.74) is 0.605. The van der Waals surface area contributed by atoms with Crippen LogP contribution in [0.3, 0.4) is 0 Å². The van der Waals surface area contributed by atoms with Gasteiger partial charge in [-0.05, 0) is 43.9 Å². The highest BCUT2D eigenvalue weighted by atomic mass is 35.5. The number of nitrogens with zero attached hydrogens (tertiary/aromatic N) is 3. The van der Waals surface area contributed by atoms with Crippen LogP contribution in [0, 0.1) is 0 Å². The smallest absolute Gasteiger partial charge is 0.246 e. The topological polar surface area (TPSA) is 84.4 Å². The number of sulfonamides is 1. The lowest BCUT2D eigenvalue weighted by molar-refractivity contribution is 0.343. The summed E-state index contributed by atoms with van der Waals surface area (Å²) in [4.78, 5) is 8.95. The molecule has 1 aliphatic heterocycles. The van der Waals surface area contributed by atoms with E-state index >= 15 is 0 Å².